The zero-order chi connectivity index (χ0) is 14.0. The summed E-state index contributed by atoms with van der Waals surface area (Å²) in [5, 5.41) is 0. The molecule has 2 aromatic rings. The number of benzene rings is 1. The molecule has 0 saturated heterocycles. The predicted octanol–water partition coefficient (Wildman–Crippen LogP) is 3.70. The standard InChI is InChI=1S/C14H19BrClN3/c1-10(9-18(2)3)19-13-5-4-11(15)8-12(13)17-14(19)6-7-16/h4-5,8,10H,6-7,9H2,1-3H3. The molecular formula is C14H19BrClN3. The van der Waals surface area contributed by atoms with Gasteiger partial charge in [0.15, 0.2) is 0 Å². The molecule has 0 aliphatic heterocycles. The third-order valence-corrected chi connectivity index (χ3v) is 3.80. The summed E-state index contributed by atoms with van der Waals surface area (Å²) in [6.07, 6.45) is 0.797. The molecule has 0 amide bonds. The van der Waals surface area contributed by atoms with Crippen LogP contribution in [0.15, 0.2) is 22.7 Å². The van der Waals surface area contributed by atoms with E-state index in [1.165, 1.54) is 5.52 Å². The van der Waals surface area contributed by atoms with Crippen molar-refractivity contribution in [1.82, 2.24) is 14.5 Å². The summed E-state index contributed by atoms with van der Waals surface area (Å²) in [4.78, 5) is 6.92. The first-order valence-corrected chi connectivity index (χ1v) is 7.72. The van der Waals surface area contributed by atoms with E-state index >= 15 is 0 Å². The number of hydrogen-bond donors (Lipinski definition) is 0. The number of alkyl halides is 1. The van der Waals surface area contributed by atoms with Crippen LogP contribution in [-0.2, 0) is 6.42 Å². The Bertz CT molecular complexity index is 565. The lowest BCUT2D eigenvalue weighted by Crippen LogP contribution is -2.23. The van der Waals surface area contributed by atoms with Gasteiger partial charge in [-0.05, 0) is 39.2 Å². The molecule has 1 aromatic carbocycles. The molecule has 0 bridgehead atoms. The van der Waals surface area contributed by atoms with Gasteiger partial charge in [-0.2, -0.15) is 0 Å². The Kier molecular flexibility index (Phi) is 4.87. The van der Waals surface area contributed by atoms with E-state index in [1.807, 2.05) is 0 Å². The first-order valence-electron chi connectivity index (χ1n) is 6.40. The zero-order valence-electron chi connectivity index (χ0n) is 11.5. The number of imidazole rings is 1. The molecule has 0 aliphatic carbocycles. The fourth-order valence-electron chi connectivity index (χ4n) is 2.48. The smallest absolute Gasteiger partial charge is 0.111 e. The van der Waals surface area contributed by atoms with Crippen LogP contribution in [-0.4, -0.2) is 41.0 Å². The molecule has 3 nitrogen and oxygen atoms in total. The number of fused-ring (bicyclic) bond motifs is 1. The second-order valence-corrected chi connectivity index (χ2v) is 6.37. The molecule has 1 heterocycles. The van der Waals surface area contributed by atoms with Crippen LogP contribution in [0.1, 0.15) is 18.8 Å². The highest BCUT2D eigenvalue weighted by molar-refractivity contribution is 9.10. The molecule has 1 unspecified atom stereocenters. The molecule has 1 atom stereocenters. The third kappa shape index (κ3) is 3.30. The van der Waals surface area contributed by atoms with Crippen LogP contribution >= 0.6 is 27.5 Å². The predicted molar refractivity (Wildman–Crippen MR) is 85.1 cm³/mol. The van der Waals surface area contributed by atoms with Crippen LogP contribution in [0, 0.1) is 0 Å². The first kappa shape index (κ1) is 14.8. The van der Waals surface area contributed by atoms with E-state index in [9.17, 15) is 0 Å². The van der Waals surface area contributed by atoms with E-state index in [0.29, 0.717) is 11.9 Å². The van der Waals surface area contributed by atoms with Crippen molar-refractivity contribution in [3.8, 4) is 0 Å². The van der Waals surface area contributed by atoms with Crippen LogP contribution < -0.4 is 0 Å². The number of aryl methyl sites for hydroxylation is 1. The monoisotopic (exact) mass is 343 g/mol. The van der Waals surface area contributed by atoms with E-state index in [4.69, 9.17) is 16.6 Å². The summed E-state index contributed by atoms with van der Waals surface area (Å²) in [7, 11) is 4.18. The highest BCUT2D eigenvalue weighted by Crippen LogP contribution is 2.25. The van der Waals surface area contributed by atoms with Gasteiger partial charge in [-0.15, -0.1) is 11.6 Å². The summed E-state index contributed by atoms with van der Waals surface area (Å²) in [6.45, 7) is 3.21. The minimum Gasteiger partial charge on any atom is -0.324 e. The van der Waals surface area contributed by atoms with Gasteiger partial charge in [0, 0.05) is 29.4 Å². The van der Waals surface area contributed by atoms with Crippen LogP contribution in [0.3, 0.4) is 0 Å². The number of halogens is 2. The quantitative estimate of drug-likeness (QED) is 0.771. The van der Waals surface area contributed by atoms with Gasteiger partial charge in [0.2, 0.25) is 0 Å². The van der Waals surface area contributed by atoms with Gasteiger partial charge in [-0.25, -0.2) is 4.98 Å². The van der Waals surface area contributed by atoms with Crippen molar-refractivity contribution in [3.05, 3.63) is 28.5 Å². The molecule has 104 valence electrons. The van der Waals surface area contributed by atoms with Gasteiger partial charge in [0.05, 0.1) is 11.0 Å². The van der Waals surface area contributed by atoms with Crippen molar-refractivity contribution in [2.24, 2.45) is 0 Å². The Hall–Kier alpha value is -0.580. The van der Waals surface area contributed by atoms with E-state index in [1.54, 1.807) is 0 Å². The maximum atomic E-state index is 5.90. The van der Waals surface area contributed by atoms with E-state index in [-0.39, 0.29) is 0 Å². The molecule has 19 heavy (non-hydrogen) atoms. The summed E-state index contributed by atoms with van der Waals surface area (Å²) >= 11 is 9.40. The maximum Gasteiger partial charge on any atom is 0.111 e. The van der Waals surface area contributed by atoms with E-state index in [2.05, 4.69) is 64.6 Å². The average Bonchev–Trinajstić information content (AvgIpc) is 2.65. The van der Waals surface area contributed by atoms with Crippen molar-refractivity contribution in [1.29, 1.82) is 0 Å². The lowest BCUT2D eigenvalue weighted by atomic mass is 10.2. The molecule has 1 aromatic heterocycles. The van der Waals surface area contributed by atoms with E-state index in [0.717, 1.165) is 28.8 Å². The van der Waals surface area contributed by atoms with Gasteiger partial charge in [0.25, 0.3) is 0 Å². The number of aromatic nitrogens is 2. The Morgan fingerprint density at radius 1 is 1.42 bits per heavy atom. The molecule has 0 saturated carbocycles. The maximum absolute atomic E-state index is 5.90. The van der Waals surface area contributed by atoms with Crippen molar-refractivity contribution >= 4 is 38.6 Å². The second kappa shape index (κ2) is 6.25. The molecule has 0 fully saturated rings. The Labute approximate surface area is 127 Å². The molecule has 2 rings (SSSR count). The first-order chi connectivity index (χ1) is 9.02. The van der Waals surface area contributed by atoms with Gasteiger partial charge in [-0.1, -0.05) is 15.9 Å². The van der Waals surface area contributed by atoms with Crippen LogP contribution in [0.25, 0.3) is 11.0 Å². The third-order valence-electron chi connectivity index (χ3n) is 3.11. The normalized spacial score (nSPS) is 13.4. The topological polar surface area (TPSA) is 21.1 Å². The second-order valence-electron chi connectivity index (χ2n) is 5.08. The van der Waals surface area contributed by atoms with Gasteiger partial charge in [-0.3, -0.25) is 0 Å². The Morgan fingerprint density at radius 2 is 2.16 bits per heavy atom. The SMILES string of the molecule is CC(CN(C)C)n1c(CCCl)nc2cc(Br)ccc21. The highest BCUT2D eigenvalue weighted by Gasteiger charge is 2.16. The fourth-order valence-corrected chi connectivity index (χ4v) is 3.00. The van der Waals surface area contributed by atoms with E-state index < -0.39 is 0 Å². The largest absolute Gasteiger partial charge is 0.324 e. The summed E-state index contributed by atoms with van der Waals surface area (Å²) in [6, 6.07) is 6.62. The lowest BCUT2D eigenvalue weighted by Gasteiger charge is -2.21. The number of hydrogen-bond acceptors (Lipinski definition) is 2. The lowest BCUT2D eigenvalue weighted by molar-refractivity contribution is 0.337. The van der Waals surface area contributed by atoms with Crippen LogP contribution in [0.4, 0.5) is 0 Å². The highest BCUT2D eigenvalue weighted by atomic mass is 79.9. The fraction of sp³-hybridized carbons (Fsp3) is 0.500. The summed E-state index contributed by atoms with van der Waals surface area (Å²) < 4.78 is 3.37. The Morgan fingerprint density at radius 3 is 2.79 bits per heavy atom. The van der Waals surface area contributed by atoms with Gasteiger partial charge < -0.3 is 9.47 Å². The average molecular weight is 345 g/mol. The molecule has 0 radical (unpaired) electrons. The minimum atomic E-state index is 0.374. The molecular weight excluding hydrogens is 326 g/mol. The zero-order valence-corrected chi connectivity index (χ0v) is 13.9. The molecule has 0 spiro atoms. The van der Waals surface area contributed by atoms with Gasteiger partial charge >= 0.3 is 0 Å². The summed E-state index contributed by atoms with van der Waals surface area (Å²) in [5.74, 6) is 1.66. The van der Waals surface area contributed by atoms with Crippen molar-refractivity contribution in [3.63, 3.8) is 0 Å². The van der Waals surface area contributed by atoms with Gasteiger partial charge in [0.1, 0.15) is 5.82 Å². The minimum absolute atomic E-state index is 0.374. The van der Waals surface area contributed by atoms with Crippen LogP contribution in [0.5, 0.6) is 0 Å². The number of nitrogens with zero attached hydrogens (tertiary/aromatic N) is 3. The van der Waals surface area contributed by atoms with Crippen molar-refractivity contribution in [2.75, 3.05) is 26.5 Å². The number of rotatable bonds is 5. The molecule has 0 N–H and O–H groups in total. The molecule has 5 heteroatoms. The van der Waals surface area contributed by atoms with Crippen molar-refractivity contribution in [2.45, 2.75) is 19.4 Å². The van der Waals surface area contributed by atoms with Crippen LogP contribution in [0.2, 0.25) is 0 Å². The number of likely N-dealkylation sites (N-methyl/N-ethyl adjacent to an activating group) is 1. The summed E-state index contributed by atoms with van der Waals surface area (Å²) in [5.41, 5.74) is 2.21. The molecule has 0 aliphatic rings. The van der Waals surface area contributed by atoms with Crippen molar-refractivity contribution < 1.29 is 0 Å². The Balaban J connectivity index is 2.51.